The summed E-state index contributed by atoms with van der Waals surface area (Å²) in [7, 11) is 0. The van der Waals surface area contributed by atoms with E-state index in [9.17, 15) is 15.2 Å². The molecule has 1 atom stereocenters. The molecule has 0 radical (unpaired) electrons. The molecule has 0 spiro atoms. The molecule has 118 valence electrons. The number of rotatable bonds is 7. The summed E-state index contributed by atoms with van der Waals surface area (Å²) >= 11 is 0. The van der Waals surface area contributed by atoms with E-state index >= 15 is 0 Å². The van der Waals surface area contributed by atoms with E-state index in [0.29, 0.717) is 13.0 Å². The van der Waals surface area contributed by atoms with Crippen molar-refractivity contribution in [2.24, 2.45) is 5.41 Å². The highest BCUT2D eigenvalue weighted by Crippen LogP contribution is 2.32. The van der Waals surface area contributed by atoms with Crippen LogP contribution in [0.15, 0.2) is 6.33 Å². The second-order valence-electron chi connectivity index (χ2n) is 5.78. The van der Waals surface area contributed by atoms with Crippen molar-refractivity contribution in [3.63, 3.8) is 0 Å². The minimum Gasteiger partial charge on any atom is -0.396 e. The van der Waals surface area contributed by atoms with Crippen LogP contribution in [0.4, 0.5) is 17.3 Å². The average Bonchev–Trinajstić information content (AvgIpc) is 2.37. The van der Waals surface area contributed by atoms with Crippen LogP contribution in [0.1, 0.15) is 34.1 Å². The first kappa shape index (κ1) is 17.1. The molecular weight excluding hydrogens is 274 g/mol. The second kappa shape index (κ2) is 7.16. The standard InChI is InChI=1S/C13H23N5O3/c1-5-14-11-10(18(20)21)12(16-8-15-11)17-9(6-7-19)13(2,3)4/h8-9,19H,5-7H2,1-4H3,(H2,14,15,16,17). The van der Waals surface area contributed by atoms with E-state index in [1.165, 1.54) is 6.33 Å². The molecule has 0 amide bonds. The lowest BCUT2D eigenvalue weighted by Crippen LogP contribution is -2.35. The summed E-state index contributed by atoms with van der Waals surface area (Å²) in [5, 5.41) is 26.4. The van der Waals surface area contributed by atoms with Gasteiger partial charge in [-0.15, -0.1) is 0 Å². The summed E-state index contributed by atoms with van der Waals surface area (Å²) in [6.45, 7) is 8.35. The molecule has 3 N–H and O–H groups in total. The molecule has 0 aliphatic carbocycles. The third kappa shape index (κ3) is 4.52. The maximum Gasteiger partial charge on any atom is 0.353 e. The van der Waals surface area contributed by atoms with Gasteiger partial charge in [0, 0.05) is 19.2 Å². The highest BCUT2D eigenvalue weighted by molar-refractivity contribution is 5.69. The van der Waals surface area contributed by atoms with Crippen molar-refractivity contribution in [3.8, 4) is 0 Å². The third-order valence-corrected chi connectivity index (χ3v) is 3.12. The summed E-state index contributed by atoms with van der Waals surface area (Å²) in [6, 6.07) is -0.148. The predicted molar refractivity (Wildman–Crippen MR) is 81.4 cm³/mol. The predicted octanol–water partition coefficient (Wildman–Crippen LogP) is 2.03. The van der Waals surface area contributed by atoms with Crippen LogP contribution in [0.2, 0.25) is 0 Å². The van der Waals surface area contributed by atoms with Gasteiger partial charge in [-0.3, -0.25) is 10.1 Å². The summed E-state index contributed by atoms with van der Waals surface area (Å²) in [5.74, 6) is 0.357. The van der Waals surface area contributed by atoms with Gasteiger partial charge in [-0.05, 0) is 18.8 Å². The molecule has 0 aliphatic heterocycles. The van der Waals surface area contributed by atoms with E-state index < -0.39 is 4.92 Å². The van der Waals surface area contributed by atoms with Gasteiger partial charge in [0.2, 0.25) is 11.6 Å². The smallest absolute Gasteiger partial charge is 0.353 e. The van der Waals surface area contributed by atoms with E-state index in [4.69, 9.17) is 0 Å². The van der Waals surface area contributed by atoms with Crippen LogP contribution in [0.5, 0.6) is 0 Å². The summed E-state index contributed by atoms with van der Waals surface area (Å²) in [4.78, 5) is 18.7. The molecule has 1 heterocycles. The van der Waals surface area contributed by atoms with Gasteiger partial charge in [-0.2, -0.15) is 0 Å². The molecule has 8 nitrogen and oxygen atoms in total. The molecule has 1 aromatic rings. The van der Waals surface area contributed by atoms with Gasteiger partial charge in [0.1, 0.15) is 6.33 Å². The van der Waals surface area contributed by atoms with Crippen molar-refractivity contribution in [2.75, 3.05) is 23.8 Å². The van der Waals surface area contributed by atoms with E-state index in [2.05, 4.69) is 20.6 Å². The summed E-state index contributed by atoms with van der Waals surface area (Å²) < 4.78 is 0. The summed E-state index contributed by atoms with van der Waals surface area (Å²) in [6.07, 6.45) is 1.76. The largest absolute Gasteiger partial charge is 0.396 e. The number of nitro groups is 1. The molecule has 0 aromatic carbocycles. The number of nitrogens with zero attached hydrogens (tertiary/aromatic N) is 3. The maximum atomic E-state index is 11.3. The van der Waals surface area contributed by atoms with Crippen LogP contribution >= 0.6 is 0 Å². The first-order valence-electron chi connectivity index (χ1n) is 6.91. The van der Waals surface area contributed by atoms with Gasteiger partial charge in [0.05, 0.1) is 4.92 Å². The van der Waals surface area contributed by atoms with Crippen molar-refractivity contribution in [2.45, 2.75) is 40.2 Å². The van der Waals surface area contributed by atoms with Crippen molar-refractivity contribution in [1.82, 2.24) is 9.97 Å². The van der Waals surface area contributed by atoms with Crippen LogP contribution in [-0.2, 0) is 0 Å². The van der Waals surface area contributed by atoms with Crippen molar-refractivity contribution >= 4 is 17.3 Å². The van der Waals surface area contributed by atoms with Gasteiger partial charge >= 0.3 is 5.69 Å². The van der Waals surface area contributed by atoms with Crippen LogP contribution < -0.4 is 10.6 Å². The fourth-order valence-electron chi connectivity index (χ4n) is 1.97. The molecule has 0 aliphatic rings. The highest BCUT2D eigenvalue weighted by Gasteiger charge is 2.29. The van der Waals surface area contributed by atoms with E-state index in [0.717, 1.165) is 0 Å². The Hall–Kier alpha value is -1.96. The van der Waals surface area contributed by atoms with Crippen LogP contribution in [-0.4, -0.2) is 39.2 Å². The SMILES string of the molecule is CCNc1ncnc(NC(CCO)C(C)(C)C)c1[N+](=O)[O-]. The minimum atomic E-state index is -0.501. The van der Waals surface area contributed by atoms with Gasteiger partial charge in [0.25, 0.3) is 0 Å². The van der Waals surface area contributed by atoms with Crippen LogP contribution in [0.25, 0.3) is 0 Å². The highest BCUT2D eigenvalue weighted by atomic mass is 16.6. The summed E-state index contributed by atoms with van der Waals surface area (Å²) in [5.41, 5.74) is -0.355. The second-order valence-corrected chi connectivity index (χ2v) is 5.78. The Morgan fingerprint density at radius 1 is 1.38 bits per heavy atom. The number of hydrogen-bond acceptors (Lipinski definition) is 7. The number of nitrogens with one attached hydrogen (secondary N) is 2. The Bertz CT molecular complexity index is 487. The molecule has 21 heavy (non-hydrogen) atoms. The van der Waals surface area contributed by atoms with E-state index in [1.807, 2.05) is 27.7 Å². The zero-order chi connectivity index (χ0) is 16.0. The fourth-order valence-corrected chi connectivity index (χ4v) is 1.97. The molecule has 0 saturated heterocycles. The molecule has 0 bridgehead atoms. The average molecular weight is 297 g/mol. The number of aliphatic hydroxyl groups is 1. The van der Waals surface area contributed by atoms with E-state index in [-0.39, 0.29) is 35.4 Å². The Morgan fingerprint density at radius 3 is 2.48 bits per heavy atom. The van der Waals surface area contributed by atoms with Gasteiger partial charge < -0.3 is 15.7 Å². The molecule has 8 heteroatoms. The lowest BCUT2D eigenvalue weighted by atomic mass is 9.85. The van der Waals surface area contributed by atoms with Crippen LogP contribution in [0, 0.1) is 15.5 Å². The molecule has 1 aromatic heterocycles. The van der Waals surface area contributed by atoms with Crippen LogP contribution in [0.3, 0.4) is 0 Å². The Labute approximate surface area is 124 Å². The minimum absolute atomic E-state index is 0.00607. The lowest BCUT2D eigenvalue weighted by Gasteiger charge is -2.31. The monoisotopic (exact) mass is 297 g/mol. The zero-order valence-corrected chi connectivity index (χ0v) is 12.9. The lowest BCUT2D eigenvalue weighted by molar-refractivity contribution is -0.383. The third-order valence-electron chi connectivity index (χ3n) is 3.12. The van der Waals surface area contributed by atoms with Crippen molar-refractivity contribution < 1.29 is 10.0 Å². The number of aromatic nitrogens is 2. The van der Waals surface area contributed by atoms with Gasteiger partial charge in [-0.25, -0.2) is 9.97 Å². The fraction of sp³-hybridized carbons (Fsp3) is 0.692. The molecule has 0 saturated carbocycles. The number of anilines is 2. The molecule has 1 rings (SSSR count). The molecular formula is C13H23N5O3. The zero-order valence-electron chi connectivity index (χ0n) is 12.9. The first-order chi connectivity index (χ1) is 9.81. The Kier molecular flexibility index (Phi) is 5.83. The number of aliphatic hydroxyl groups excluding tert-OH is 1. The molecule has 1 unspecified atom stereocenters. The maximum absolute atomic E-state index is 11.3. The van der Waals surface area contributed by atoms with Gasteiger partial charge in [0.15, 0.2) is 0 Å². The van der Waals surface area contributed by atoms with Crippen molar-refractivity contribution in [3.05, 3.63) is 16.4 Å². The Morgan fingerprint density at radius 2 is 2.00 bits per heavy atom. The topological polar surface area (TPSA) is 113 Å². The quantitative estimate of drug-likeness (QED) is 0.521. The molecule has 0 fully saturated rings. The first-order valence-corrected chi connectivity index (χ1v) is 6.91. The number of hydrogen-bond donors (Lipinski definition) is 3. The Balaban J connectivity index is 3.16. The van der Waals surface area contributed by atoms with Crippen molar-refractivity contribution in [1.29, 1.82) is 0 Å². The van der Waals surface area contributed by atoms with E-state index in [1.54, 1.807) is 0 Å². The van der Waals surface area contributed by atoms with Gasteiger partial charge in [-0.1, -0.05) is 20.8 Å². The normalized spacial score (nSPS) is 12.8.